The summed E-state index contributed by atoms with van der Waals surface area (Å²) in [5, 5.41) is 5.51. The summed E-state index contributed by atoms with van der Waals surface area (Å²) >= 11 is 1.67. The highest BCUT2D eigenvalue weighted by molar-refractivity contribution is 7.10. The third-order valence-electron chi connectivity index (χ3n) is 6.20. The minimum Gasteiger partial charge on any atom is -0.334 e. The van der Waals surface area contributed by atoms with Crippen LogP contribution in [0.4, 0.5) is 0 Å². The van der Waals surface area contributed by atoms with Crippen molar-refractivity contribution in [3.05, 3.63) is 40.6 Å². The molecule has 2 aromatic heterocycles. The Hall–Kier alpha value is -1.66. The number of carbonyl (C=O) groups is 1. The summed E-state index contributed by atoms with van der Waals surface area (Å²) in [5.41, 5.74) is 0.333. The number of imidazole rings is 1. The summed E-state index contributed by atoms with van der Waals surface area (Å²) in [6, 6.07) is 4.47. The zero-order valence-electron chi connectivity index (χ0n) is 15.6. The molecule has 5 nitrogen and oxygen atoms in total. The third kappa shape index (κ3) is 3.21. The highest BCUT2D eigenvalue weighted by Gasteiger charge is 2.58. The molecule has 1 N–H and O–H groups in total. The SMILES string of the molecule is CCn1ccnc1CN(C(=O)[C@H](C)c1cccs1)[C@H]1CC12CCNCC2. The van der Waals surface area contributed by atoms with E-state index in [9.17, 15) is 4.79 Å². The lowest BCUT2D eigenvalue weighted by atomic mass is 9.93. The van der Waals surface area contributed by atoms with Gasteiger partial charge in [0.25, 0.3) is 0 Å². The van der Waals surface area contributed by atoms with E-state index in [1.54, 1.807) is 11.3 Å². The molecular weight excluding hydrogens is 344 g/mol. The van der Waals surface area contributed by atoms with Crippen molar-refractivity contribution < 1.29 is 4.79 Å². The molecule has 2 atom stereocenters. The third-order valence-corrected chi connectivity index (χ3v) is 7.25. The first-order valence-corrected chi connectivity index (χ1v) is 10.6. The molecule has 1 aliphatic carbocycles. The molecule has 1 saturated heterocycles. The molecule has 26 heavy (non-hydrogen) atoms. The summed E-state index contributed by atoms with van der Waals surface area (Å²) in [5.74, 6) is 1.16. The number of aromatic nitrogens is 2. The lowest BCUT2D eigenvalue weighted by Gasteiger charge is -2.31. The number of piperidine rings is 1. The van der Waals surface area contributed by atoms with Crippen LogP contribution in [0.2, 0.25) is 0 Å². The standard InChI is InChI=1S/C20H28N4OS/c1-3-23-11-10-22-18(23)14-24(17-13-20(17)6-8-21-9-7-20)19(25)15(2)16-5-4-12-26-16/h4-5,10-12,15,17,21H,3,6-9,13-14H2,1-2H3/t15-,17+/m1/s1. The number of hydrogen-bond acceptors (Lipinski definition) is 4. The maximum atomic E-state index is 13.5. The van der Waals surface area contributed by atoms with Crippen LogP contribution in [0.5, 0.6) is 0 Å². The molecule has 140 valence electrons. The van der Waals surface area contributed by atoms with E-state index in [1.807, 2.05) is 25.4 Å². The van der Waals surface area contributed by atoms with Crippen molar-refractivity contribution in [2.75, 3.05) is 13.1 Å². The van der Waals surface area contributed by atoms with Crippen LogP contribution < -0.4 is 5.32 Å². The monoisotopic (exact) mass is 372 g/mol. The van der Waals surface area contributed by atoms with Crippen LogP contribution in [0.15, 0.2) is 29.9 Å². The van der Waals surface area contributed by atoms with Gasteiger partial charge in [-0.1, -0.05) is 6.07 Å². The summed E-state index contributed by atoms with van der Waals surface area (Å²) < 4.78 is 2.15. The molecule has 0 bridgehead atoms. The fourth-order valence-electron chi connectivity index (χ4n) is 4.41. The van der Waals surface area contributed by atoms with Gasteiger partial charge in [0, 0.05) is 29.9 Å². The molecule has 3 heterocycles. The van der Waals surface area contributed by atoms with E-state index in [1.165, 1.54) is 12.8 Å². The van der Waals surface area contributed by atoms with Gasteiger partial charge in [0.15, 0.2) is 0 Å². The fraction of sp³-hybridized carbons (Fsp3) is 0.600. The fourth-order valence-corrected chi connectivity index (χ4v) is 5.19. The maximum Gasteiger partial charge on any atom is 0.231 e. The Balaban J connectivity index is 1.58. The molecule has 1 saturated carbocycles. The average molecular weight is 373 g/mol. The van der Waals surface area contributed by atoms with Crippen LogP contribution in [-0.2, 0) is 17.9 Å². The molecule has 6 heteroatoms. The summed E-state index contributed by atoms with van der Waals surface area (Å²) in [4.78, 5) is 21.3. The van der Waals surface area contributed by atoms with Crippen molar-refractivity contribution in [2.45, 2.75) is 58.2 Å². The van der Waals surface area contributed by atoms with E-state index >= 15 is 0 Å². The number of carbonyl (C=O) groups excluding carboxylic acids is 1. The molecule has 2 aliphatic rings. The van der Waals surface area contributed by atoms with Crippen molar-refractivity contribution in [1.29, 1.82) is 0 Å². The first kappa shape index (κ1) is 17.7. The lowest BCUT2D eigenvalue weighted by Crippen LogP contribution is -2.41. The quantitative estimate of drug-likeness (QED) is 0.847. The minimum atomic E-state index is -0.0839. The predicted molar refractivity (Wildman–Crippen MR) is 104 cm³/mol. The first-order chi connectivity index (χ1) is 12.6. The average Bonchev–Trinajstić information content (AvgIpc) is 3.07. The van der Waals surface area contributed by atoms with Gasteiger partial charge in [0.05, 0.1) is 12.5 Å². The predicted octanol–water partition coefficient (Wildman–Crippen LogP) is 3.24. The van der Waals surface area contributed by atoms with Gasteiger partial charge in [-0.25, -0.2) is 4.98 Å². The zero-order valence-corrected chi connectivity index (χ0v) is 16.5. The Morgan fingerprint density at radius 2 is 2.31 bits per heavy atom. The van der Waals surface area contributed by atoms with Gasteiger partial charge >= 0.3 is 0 Å². The van der Waals surface area contributed by atoms with Crippen molar-refractivity contribution in [1.82, 2.24) is 19.8 Å². The molecule has 1 aliphatic heterocycles. The number of nitrogens with zero attached hydrogens (tertiary/aromatic N) is 3. The molecule has 2 fully saturated rings. The van der Waals surface area contributed by atoms with E-state index in [4.69, 9.17) is 0 Å². The molecule has 4 rings (SSSR count). The number of amides is 1. The Kier molecular flexibility index (Phi) is 4.88. The molecule has 1 spiro atoms. The molecular formula is C20H28N4OS. The van der Waals surface area contributed by atoms with E-state index in [2.05, 4.69) is 38.1 Å². The van der Waals surface area contributed by atoms with Crippen LogP contribution in [-0.4, -0.2) is 39.5 Å². The molecule has 1 amide bonds. The second kappa shape index (κ2) is 7.16. The lowest BCUT2D eigenvalue weighted by molar-refractivity contribution is -0.134. The van der Waals surface area contributed by atoms with Crippen molar-refractivity contribution >= 4 is 17.2 Å². The van der Waals surface area contributed by atoms with Gasteiger partial charge in [-0.2, -0.15) is 0 Å². The molecule has 0 aromatic carbocycles. The van der Waals surface area contributed by atoms with Crippen LogP contribution in [0.25, 0.3) is 0 Å². The topological polar surface area (TPSA) is 50.2 Å². The Morgan fingerprint density at radius 3 is 3.00 bits per heavy atom. The highest BCUT2D eigenvalue weighted by Crippen LogP contribution is 2.56. The summed E-state index contributed by atoms with van der Waals surface area (Å²) in [6.45, 7) is 7.82. The minimum absolute atomic E-state index is 0.0839. The molecule has 0 radical (unpaired) electrons. The normalized spacial score (nSPS) is 22.3. The number of rotatable bonds is 6. The van der Waals surface area contributed by atoms with Crippen LogP contribution in [0, 0.1) is 5.41 Å². The molecule has 0 unspecified atom stereocenters. The number of thiophene rings is 1. The van der Waals surface area contributed by atoms with Gasteiger partial charge in [0.2, 0.25) is 5.91 Å². The largest absolute Gasteiger partial charge is 0.334 e. The van der Waals surface area contributed by atoms with Crippen molar-refractivity contribution in [2.24, 2.45) is 5.41 Å². The number of hydrogen-bond donors (Lipinski definition) is 1. The zero-order chi connectivity index (χ0) is 18.1. The Bertz CT molecular complexity index is 748. The van der Waals surface area contributed by atoms with Gasteiger partial charge in [-0.3, -0.25) is 4.79 Å². The van der Waals surface area contributed by atoms with Crippen LogP contribution >= 0.6 is 11.3 Å². The Labute approximate surface area is 159 Å². The van der Waals surface area contributed by atoms with E-state index in [0.29, 0.717) is 18.0 Å². The van der Waals surface area contributed by atoms with Crippen LogP contribution in [0.1, 0.15) is 49.7 Å². The smallest absolute Gasteiger partial charge is 0.231 e. The molecule has 2 aromatic rings. The number of aryl methyl sites for hydroxylation is 1. The van der Waals surface area contributed by atoms with Gasteiger partial charge in [0.1, 0.15) is 5.82 Å². The summed E-state index contributed by atoms with van der Waals surface area (Å²) in [7, 11) is 0. The second-order valence-corrected chi connectivity index (χ2v) is 8.64. The summed E-state index contributed by atoms with van der Waals surface area (Å²) in [6.07, 6.45) is 7.35. The van der Waals surface area contributed by atoms with Crippen molar-refractivity contribution in [3.63, 3.8) is 0 Å². The van der Waals surface area contributed by atoms with E-state index in [-0.39, 0.29) is 11.8 Å². The highest BCUT2D eigenvalue weighted by atomic mass is 32.1. The Morgan fingerprint density at radius 1 is 1.50 bits per heavy atom. The first-order valence-electron chi connectivity index (χ1n) is 9.69. The van der Waals surface area contributed by atoms with Gasteiger partial charge < -0.3 is 14.8 Å². The van der Waals surface area contributed by atoms with Gasteiger partial charge in [-0.05, 0) is 63.1 Å². The van der Waals surface area contributed by atoms with Gasteiger partial charge in [-0.15, -0.1) is 11.3 Å². The second-order valence-electron chi connectivity index (χ2n) is 7.67. The van der Waals surface area contributed by atoms with E-state index < -0.39 is 0 Å². The van der Waals surface area contributed by atoms with E-state index in [0.717, 1.165) is 36.8 Å². The van der Waals surface area contributed by atoms with Crippen LogP contribution in [0.3, 0.4) is 0 Å². The van der Waals surface area contributed by atoms with Crippen molar-refractivity contribution in [3.8, 4) is 0 Å². The number of nitrogens with one attached hydrogen (secondary N) is 1. The maximum absolute atomic E-state index is 13.5.